The molecule has 0 bridgehead atoms. The molecule has 1 rings (SSSR count). The van der Waals surface area contributed by atoms with Gasteiger partial charge in [0, 0.05) is 0 Å². The Morgan fingerprint density at radius 1 is 1.50 bits per heavy atom. The van der Waals surface area contributed by atoms with Crippen molar-refractivity contribution in [2.75, 3.05) is 6.61 Å². The second-order valence-electron chi connectivity index (χ2n) is 2.50. The smallest absolute Gasteiger partial charge is 0.129 e. The van der Waals surface area contributed by atoms with Crippen molar-refractivity contribution in [2.24, 2.45) is 5.73 Å². The van der Waals surface area contributed by atoms with Crippen molar-refractivity contribution < 1.29 is 10.2 Å². The van der Waals surface area contributed by atoms with Crippen LogP contribution in [0.1, 0.15) is 11.6 Å². The second kappa shape index (κ2) is 3.89. The van der Waals surface area contributed by atoms with Crippen LogP contribution in [0.3, 0.4) is 0 Å². The van der Waals surface area contributed by atoms with Gasteiger partial charge in [0.1, 0.15) is 5.75 Å². The largest absolute Gasteiger partial charge is 0.507 e. The number of hydrogen-bond acceptors (Lipinski definition) is 3. The van der Waals surface area contributed by atoms with Gasteiger partial charge < -0.3 is 15.9 Å². The zero-order valence-corrected chi connectivity index (χ0v) is 7.95. The number of benzene rings is 1. The van der Waals surface area contributed by atoms with Gasteiger partial charge in [0.05, 0.1) is 17.1 Å². The van der Waals surface area contributed by atoms with Gasteiger partial charge in [0.25, 0.3) is 0 Å². The van der Waals surface area contributed by atoms with E-state index in [0.717, 1.165) is 5.56 Å². The summed E-state index contributed by atoms with van der Waals surface area (Å²) in [6, 6.07) is 4.52. The molecule has 0 aliphatic heterocycles. The molecule has 0 unspecified atom stereocenters. The molecule has 0 saturated carbocycles. The molecule has 1 aromatic rings. The average molecular weight is 232 g/mol. The molecule has 0 spiro atoms. The predicted molar refractivity (Wildman–Crippen MR) is 49.8 cm³/mol. The lowest BCUT2D eigenvalue weighted by Gasteiger charge is -2.08. The van der Waals surface area contributed by atoms with Crippen molar-refractivity contribution >= 4 is 15.9 Å². The third-order valence-corrected chi connectivity index (χ3v) is 2.23. The van der Waals surface area contributed by atoms with E-state index < -0.39 is 0 Å². The lowest BCUT2D eigenvalue weighted by atomic mass is 10.1. The van der Waals surface area contributed by atoms with Gasteiger partial charge in [0.15, 0.2) is 0 Å². The molecule has 1 atom stereocenters. The monoisotopic (exact) mass is 231 g/mol. The highest BCUT2D eigenvalue weighted by Gasteiger charge is 2.05. The normalized spacial score (nSPS) is 12.9. The first-order valence-electron chi connectivity index (χ1n) is 3.50. The predicted octanol–water partition coefficient (Wildman–Crippen LogP) is 1.15. The van der Waals surface area contributed by atoms with Crippen LogP contribution in [0.5, 0.6) is 5.75 Å². The number of aromatic hydroxyl groups is 1. The summed E-state index contributed by atoms with van der Waals surface area (Å²) in [6.07, 6.45) is 0. The molecule has 0 radical (unpaired) electrons. The van der Waals surface area contributed by atoms with Gasteiger partial charge in [-0.15, -0.1) is 0 Å². The molecule has 1 aromatic carbocycles. The second-order valence-corrected chi connectivity index (χ2v) is 3.35. The number of phenolic OH excluding ortho intramolecular Hbond substituents is 1. The molecular formula is C8H10BrNO2. The van der Waals surface area contributed by atoms with Crippen LogP contribution in [-0.2, 0) is 0 Å². The van der Waals surface area contributed by atoms with Gasteiger partial charge in [-0.3, -0.25) is 0 Å². The number of phenols is 1. The Labute approximate surface area is 79.0 Å². The molecule has 0 aliphatic rings. The number of halogens is 1. The first kappa shape index (κ1) is 9.51. The van der Waals surface area contributed by atoms with Crippen LogP contribution in [0.15, 0.2) is 22.7 Å². The molecule has 0 heterocycles. The molecular weight excluding hydrogens is 222 g/mol. The van der Waals surface area contributed by atoms with Gasteiger partial charge in [-0.2, -0.15) is 0 Å². The van der Waals surface area contributed by atoms with E-state index in [0.29, 0.717) is 4.47 Å². The fourth-order valence-corrected chi connectivity index (χ4v) is 1.26. The van der Waals surface area contributed by atoms with Gasteiger partial charge in [0.2, 0.25) is 0 Å². The van der Waals surface area contributed by atoms with Crippen LogP contribution >= 0.6 is 15.9 Å². The van der Waals surface area contributed by atoms with Crippen molar-refractivity contribution in [3.63, 3.8) is 0 Å². The van der Waals surface area contributed by atoms with E-state index in [9.17, 15) is 0 Å². The van der Waals surface area contributed by atoms with E-state index in [-0.39, 0.29) is 18.4 Å². The molecule has 0 saturated heterocycles. The Bertz CT molecular complexity index is 278. The highest BCUT2D eigenvalue weighted by atomic mass is 79.9. The molecule has 66 valence electrons. The Morgan fingerprint density at radius 3 is 2.67 bits per heavy atom. The van der Waals surface area contributed by atoms with Crippen molar-refractivity contribution in [1.82, 2.24) is 0 Å². The minimum Gasteiger partial charge on any atom is -0.507 e. The van der Waals surface area contributed by atoms with E-state index >= 15 is 0 Å². The van der Waals surface area contributed by atoms with E-state index in [4.69, 9.17) is 15.9 Å². The maximum atomic E-state index is 9.15. The first-order valence-corrected chi connectivity index (χ1v) is 4.29. The topological polar surface area (TPSA) is 66.5 Å². The fraction of sp³-hybridized carbons (Fsp3) is 0.250. The van der Waals surface area contributed by atoms with Crippen LogP contribution in [0.25, 0.3) is 0 Å². The van der Waals surface area contributed by atoms with Crippen molar-refractivity contribution in [3.8, 4) is 5.75 Å². The minimum absolute atomic E-state index is 0.1000. The average Bonchev–Trinajstić information content (AvgIpc) is 2.08. The summed E-state index contributed by atoms with van der Waals surface area (Å²) in [7, 11) is 0. The van der Waals surface area contributed by atoms with E-state index in [1.165, 1.54) is 6.07 Å². The number of nitrogens with two attached hydrogens (primary N) is 1. The van der Waals surface area contributed by atoms with E-state index in [1.54, 1.807) is 12.1 Å². The summed E-state index contributed by atoms with van der Waals surface area (Å²) in [6.45, 7) is -0.1000. The summed E-state index contributed by atoms with van der Waals surface area (Å²) in [5.41, 5.74) is 6.35. The highest BCUT2D eigenvalue weighted by Crippen LogP contribution is 2.26. The Hall–Kier alpha value is -0.580. The Morgan fingerprint density at radius 2 is 2.17 bits per heavy atom. The zero-order chi connectivity index (χ0) is 9.14. The Kier molecular flexibility index (Phi) is 3.08. The lowest BCUT2D eigenvalue weighted by molar-refractivity contribution is 0.268. The third-order valence-electron chi connectivity index (χ3n) is 1.60. The van der Waals surface area contributed by atoms with Crippen LogP contribution < -0.4 is 5.73 Å². The number of rotatable bonds is 2. The maximum absolute atomic E-state index is 9.15. The quantitative estimate of drug-likeness (QED) is 0.716. The standard InChI is InChI=1S/C8H10BrNO2/c9-6-3-5(7(10)4-11)1-2-8(6)12/h1-3,7,11-12H,4,10H2/t7-/m1/s1. The maximum Gasteiger partial charge on any atom is 0.129 e. The van der Waals surface area contributed by atoms with Crippen molar-refractivity contribution in [1.29, 1.82) is 0 Å². The van der Waals surface area contributed by atoms with Crippen molar-refractivity contribution in [2.45, 2.75) is 6.04 Å². The van der Waals surface area contributed by atoms with Crippen LogP contribution in [-0.4, -0.2) is 16.8 Å². The highest BCUT2D eigenvalue weighted by molar-refractivity contribution is 9.10. The van der Waals surface area contributed by atoms with Gasteiger partial charge in [-0.1, -0.05) is 6.07 Å². The van der Waals surface area contributed by atoms with Crippen molar-refractivity contribution in [3.05, 3.63) is 28.2 Å². The van der Waals surface area contributed by atoms with Crippen LogP contribution in [0.2, 0.25) is 0 Å². The molecule has 0 aliphatic carbocycles. The molecule has 4 N–H and O–H groups in total. The van der Waals surface area contributed by atoms with Gasteiger partial charge in [-0.25, -0.2) is 0 Å². The molecule has 4 heteroatoms. The summed E-state index contributed by atoms with van der Waals surface area (Å²) >= 11 is 3.16. The molecule has 0 amide bonds. The molecule has 0 aromatic heterocycles. The Balaban J connectivity index is 2.96. The zero-order valence-electron chi connectivity index (χ0n) is 6.37. The number of aliphatic hydroxyl groups excluding tert-OH is 1. The summed E-state index contributed by atoms with van der Waals surface area (Å²) in [5.74, 6) is 0.170. The van der Waals surface area contributed by atoms with Gasteiger partial charge >= 0.3 is 0 Å². The third kappa shape index (κ3) is 1.97. The molecule has 12 heavy (non-hydrogen) atoms. The fourth-order valence-electron chi connectivity index (χ4n) is 0.859. The SMILES string of the molecule is N[C@H](CO)c1ccc(O)c(Br)c1. The number of aliphatic hydroxyl groups is 1. The van der Waals surface area contributed by atoms with Gasteiger partial charge in [-0.05, 0) is 33.6 Å². The first-order chi connectivity index (χ1) is 5.65. The van der Waals surface area contributed by atoms with Crippen LogP contribution in [0, 0.1) is 0 Å². The van der Waals surface area contributed by atoms with E-state index in [2.05, 4.69) is 15.9 Å². The molecule has 0 fully saturated rings. The minimum atomic E-state index is -0.387. The summed E-state index contributed by atoms with van der Waals surface area (Å²) in [5, 5.41) is 17.9. The molecule has 3 nitrogen and oxygen atoms in total. The number of hydrogen-bond donors (Lipinski definition) is 3. The van der Waals surface area contributed by atoms with Crippen LogP contribution in [0.4, 0.5) is 0 Å². The lowest BCUT2D eigenvalue weighted by Crippen LogP contribution is -2.14. The summed E-state index contributed by atoms with van der Waals surface area (Å²) < 4.78 is 0.587. The summed E-state index contributed by atoms with van der Waals surface area (Å²) in [4.78, 5) is 0. The van der Waals surface area contributed by atoms with E-state index in [1.807, 2.05) is 0 Å².